The summed E-state index contributed by atoms with van der Waals surface area (Å²) in [6.07, 6.45) is 9.55. The molecule has 3 unspecified atom stereocenters. The maximum atomic E-state index is 6.66. The van der Waals surface area contributed by atoms with Gasteiger partial charge in [-0.1, -0.05) is 20.8 Å². The Morgan fingerprint density at radius 3 is 2.26 bits per heavy atom. The van der Waals surface area contributed by atoms with Gasteiger partial charge in [-0.25, -0.2) is 0 Å². The first-order valence-electron chi connectivity index (χ1n) is 8.37. The monoisotopic (exact) mass is 267 g/mol. The van der Waals surface area contributed by atoms with E-state index in [0.717, 1.165) is 24.3 Å². The molecule has 0 aromatic carbocycles. The third-order valence-electron chi connectivity index (χ3n) is 5.65. The lowest BCUT2D eigenvalue weighted by Gasteiger charge is -2.44. The summed E-state index contributed by atoms with van der Waals surface area (Å²) in [5.74, 6) is 2.60. The largest absolute Gasteiger partial charge is 0.370 e. The first kappa shape index (κ1) is 15.3. The molecule has 3 atom stereocenters. The van der Waals surface area contributed by atoms with E-state index in [2.05, 4.69) is 33.1 Å². The van der Waals surface area contributed by atoms with E-state index >= 15 is 0 Å². The van der Waals surface area contributed by atoms with Crippen molar-refractivity contribution < 1.29 is 4.74 Å². The number of ether oxygens (including phenoxy) is 1. The van der Waals surface area contributed by atoms with Crippen molar-refractivity contribution >= 4 is 0 Å². The van der Waals surface area contributed by atoms with Crippen LogP contribution in [0.4, 0.5) is 0 Å². The van der Waals surface area contributed by atoms with Gasteiger partial charge in [0.05, 0.1) is 11.7 Å². The summed E-state index contributed by atoms with van der Waals surface area (Å²) in [4.78, 5) is 0. The fraction of sp³-hybridized carbons (Fsp3) is 1.00. The molecule has 112 valence electrons. The lowest BCUT2D eigenvalue weighted by molar-refractivity contribution is -0.134. The Hall–Kier alpha value is -0.0800. The van der Waals surface area contributed by atoms with Crippen LogP contribution in [-0.4, -0.2) is 25.3 Å². The van der Waals surface area contributed by atoms with Crippen LogP contribution in [0.15, 0.2) is 0 Å². The highest BCUT2D eigenvalue weighted by Gasteiger charge is 2.38. The smallest absolute Gasteiger partial charge is 0.0810 e. The SMILES string of the molecule is CNCC1(OC2CCC(C)C(C)C2)CCC(C)CC1. The van der Waals surface area contributed by atoms with E-state index in [1.807, 2.05) is 0 Å². The normalized spacial score (nSPS) is 44.2. The molecule has 2 saturated carbocycles. The van der Waals surface area contributed by atoms with E-state index in [1.54, 1.807) is 0 Å². The third-order valence-corrected chi connectivity index (χ3v) is 5.65. The fourth-order valence-corrected chi connectivity index (χ4v) is 3.91. The van der Waals surface area contributed by atoms with E-state index < -0.39 is 0 Å². The molecule has 2 fully saturated rings. The van der Waals surface area contributed by atoms with Crippen molar-refractivity contribution in [2.45, 2.75) is 77.4 Å². The maximum absolute atomic E-state index is 6.66. The molecule has 0 bridgehead atoms. The first-order chi connectivity index (χ1) is 9.04. The summed E-state index contributed by atoms with van der Waals surface area (Å²) in [6.45, 7) is 8.20. The lowest BCUT2D eigenvalue weighted by atomic mass is 9.77. The Balaban J connectivity index is 1.93. The number of hydrogen-bond donors (Lipinski definition) is 1. The molecule has 2 rings (SSSR count). The van der Waals surface area contributed by atoms with Crippen LogP contribution >= 0.6 is 0 Å². The molecule has 0 amide bonds. The van der Waals surface area contributed by atoms with E-state index in [0.29, 0.717) is 6.10 Å². The lowest BCUT2D eigenvalue weighted by Crippen LogP contribution is -2.48. The van der Waals surface area contributed by atoms with Crippen molar-refractivity contribution in [3.8, 4) is 0 Å². The second-order valence-corrected chi connectivity index (χ2v) is 7.40. The maximum Gasteiger partial charge on any atom is 0.0810 e. The Morgan fingerprint density at radius 2 is 1.68 bits per heavy atom. The molecule has 0 aromatic heterocycles. The van der Waals surface area contributed by atoms with Crippen LogP contribution in [0, 0.1) is 17.8 Å². The summed E-state index contributed by atoms with van der Waals surface area (Å²) in [5.41, 5.74) is 0.131. The second kappa shape index (κ2) is 6.58. The van der Waals surface area contributed by atoms with Gasteiger partial charge in [0.1, 0.15) is 0 Å². The molecular formula is C17H33NO. The Labute approximate surface area is 119 Å². The average molecular weight is 267 g/mol. The molecule has 0 aromatic rings. The highest BCUT2D eigenvalue weighted by atomic mass is 16.5. The van der Waals surface area contributed by atoms with Crippen LogP contribution in [0.3, 0.4) is 0 Å². The topological polar surface area (TPSA) is 21.3 Å². The van der Waals surface area contributed by atoms with Gasteiger partial charge in [-0.3, -0.25) is 0 Å². The van der Waals surface area contributed by atoms with Crippen LogP contribution < -0.4 is 5.32 Å². The zero-order valence-corrected chi connectivity index (χ0v) is 13.4. The average Bonchev–Trinajstić information content (AvgIpc) is 2.38. The first-order valence-corrected chi connectivity index (χ1v) is 8.37. The minimum absolute atomic E-state index is 0.131. The minimum Gasteiger partial charge on any atom is -0.370 e. The molecule has 2 heteroatoms. The van der Waals surface area contributed by atoms with Gasteiger partial charge in [-0.15, -0.1) is 0 Å². The summed E-state index contributed by atoms with van der Waals surface area (Å²) in [5, 5.41) is 3.38. The molecule has 0 spiro atoms. The van der Waals surface area contributed by atoms with E-state index in [9.17, 15) is 0 Å². The van der Waals surface area contributed by atoms with Crippen LogP contribution in [0.1, 0.15) is 65.7 Å². The van der Waals surface area contributed by atoms with Crippen molar-refractivity contribution in [3.63, 3.8) is 0 Å². The highest BCUT2D eigenvalue weighted by molar-refractivity contribution is 4.90. The predicted molar refractivity (Wildman–Crippen MR) is 81.3 cm³/mol. The van der Waals surface area contributed by atoms with Gasteiger partial charge >= 0.3 is 0 Å². The van der Waals surface area contributed by atoms with Gasteiger partial charge in [0.25, 0.3) is 0 Å². The summed E-state index contributed by atoms with van der Waals surface area (Å²) < 4.78 is 6.66. The van der Waals surface area contributed by atoms with Crippen molar-refractivity contribution in [1.82, 2.24) is 5.32 Å². The number of nitrogens with one attached hydrogen (secondary N) is 1. The highest BCUT2D eigenvalue weighted by Crippen LogP contribution is 2.39. The van der Waals surface area contributed by atoms with Crippen molar-refractivity contribution in [1.29, 1.82) is 0 Å². The Bertz CT molecular complexity index is 270. The van der Waals surface area contributed by atoms with Crippen LogP contribution in [0.25, 0.3) is 0 Å². The standard InChI is InChI=1S/C17H33NO/c1-13-7-9-17(10-8-13,12-18-4)19-16-6-5-14(2)15(3)11-16/h13-16,18H,5-12H2,1-4H3. The number of rotatable bonds is 4. The van der Waals surface area contributed by atoms with Crippen LogP contribution in [0.5, 0.6) is 0 Å². The summed E-state index contributed by atoms with van der Waals surface area (Å²) in [7, 11) is 2.06. The molecule has 2 aliphatic rings. The molecule has 0 radical (unpaired) electrons. The Kier molecular flexibility index (Phi) is 5.30. The molecule has 2 nitrogen and oxygen atoms in total. The third kappa shape index (κ3) is 3.95. The summed E-state index contributed by atoms with van der Waals surface area (Å²) in [6, 6.07) is 0. The minimum atomic E-state index is 0.131. The molecule has 2 aliphatic carbocycles. The van der Waals surface area contributed by atoms with Gasteiger partial charge in [0.15, 0.2) is 0 Å². The van der Waals surface area contributed by atoms with Gasteiger partial charge in [0.2, 0.25) is 0 Å². The molecule has 1 N–H and O–H groups in total. The van der Waals surface area contributed by atoms with Gasteiger partial charge in [-0.2, -0.15) is 0 Å². The fourth-order valence-electron chi connectivity index (χ4n) is 3.91. The quantitative estimate of drug-likeness (QED) is 0.831. The molecule has 0 saturated heterocycles. The Morgan fingerprint density at radius 1 is 1.00 bits per heavy atom. The van der Waals surface area contributed by atoms with Crippen LogP contribution in [-0.2, 0) is 4.74 Å². The molecule has 0 heterocycles. The number of likely N-dealkylation sites (N-methyl/N-ethyl adjacent to an activating group) is 1. The molecule has 0 aliphatic heterocycles. The molecule has 19 heavy (non-hydrogen) atoms. The van der Waals surface area contributed by atoms with Gasteiger partial charge in [0, 0.05) is 6.54 Å². The van der Waals surface area contributed by atoms with Crippen molar-refractivity contribution in [2.24, 2.45) is 17.8 Å². The summed E-state index contributed by atoms with van der Waals surface area (Å²) >= 11 is 0. The molecular weight excluding hydrogens is 234 g/mol. The van der Waals surface area contributed by atoms with Crippen LogP contribution in [0.2, 0.25) is 0 Å². The predicted octanol–water partition coefficient (Wildman–Crippen LogP) is 4.00. The van der Waals surface area contributed by atoms with Crippen molar-refractivity contribution in [3.05, 3.63) is 0 Å². The van der Waals surface area contributed by atoms with Gasteiger partial charge < -0.3 is 10.1 Å². The van der Waals surface area contributed by atoms with Crippen molar-refractivity contribution in [2.75, 3.05) is 13.6 Å². The van der Waals surface area contributed by atoms with Gasteiger partial charge in [-0.05, 0) is 69.7 Å². The zero-order valence-electron chi connectivity index (χ0n) is 13.4. The van der Waals surface area contributed by atoms with E-state index in [-0.39, 0.29) is 5.60 Å². The van der Waals surface area contributed by atoms with E-state index in [4.69, 9.17) is 4.74 Å². The number of hydrogen-bond acceptors (Lipinski definition) is 2. The zero-order chi connectivity index (χ0) is 13.9. The second-order valence-electron chi connectivity index (χ2n) is 7.40. The van der Waals surface area contributed by atoms with E-state index in [1.165, 1.54) is 44.9 Å².